The quantitative estimate of drug-likeness (QED) is 0.849. The third-order valence-electron chi connectivity index (χ3n) is 3.05. The Kier molecular flexibility index (Phi) is 4.11. The van der Waals surface area contributed by atoms with Gasteiger partial charge < -0.3 is 14.9 Å². The van der Waals surface area contributed by atoms with Crippen LogP contribution in [0.15, 0.2) is 34.9 Å². The van der Waals surface area contributed by atoms with E-state index in [-0.39, 0.29) is 17.5 Å². The monoisotopic (exact) mass is 294 g/mol. The summed E-state index contributed by atoms with van der Waals surface area (Å²) < 4.78 is 5.08. The van der Waals surface area contributed by atoms with E-state index in [9.17, 15) is 9.90 Å². The zero-order chi connectivity index (χ0) is 14.8. The van der Waals surface area contributed by atoms with Crippen molar-refractivity contribution >= 4 is 23.2 Å². The molecule has 2 N–H and O–H groups in total. The Morgan fingerprint density at radius 2 is 2.10 bits per heavy atom. The van der Waals surface area contributed by atoms with Crippen molar-refractivity contribution in [1.29, 1.82) is 0 Å². The third-order valence-corrected chi connectivity index (χ3v) is 3.29. The number of rotatable bonds is 4. The molecule has 1 heterocycles. The first-order chi connectivity index (χ1) is 9.46. The predicted molar refractivity (Wildman–Crippen MR) is 75.7 cm³/mol. The van der Waals surface area contributed by atoms with E-state index in [0.717, 1.165) is 0 Å². The van der Waals surface area contributed by atoms with E-state index in [4.69, 9.17) is 16.1 Å². The second kappa shape index (κ2) is 5.64. The minimum absolute atomic E-state index is 0.183. The number of carbonyl (C=O) groups is 1. The molecule has 106 valence electrons. The number of nitrogens with one attached hydrogen (secondary N) is 1. The van der Waals surface area contributed by atoms with Gasteiger partial charge in [-0.2, -0.15) is 0 Å². The lowest BCUT2D eigenvalue weighted by atomic mass is 9.91. The summed E-state index contributed by atoms with van der Waals surface area (Å²) in [5, 5.41) is 17.2. The predicted octanol–water partition coefficient (Wildman–Crippen LogP) is 2.42. The molecule has 0 aliphatic heterocycles. The molecule has 1 unspecified atom stereocenters. The minimum atomic E-state index is -1.38. The molecule has 1 atom stereocenters. The zero-order valence-corrected chi connectivity index (χ0v) is 11.9. The van der Waals surface area contributed by atoms with Gasteiger partial charge in [-0.15, -0.1) is 11.6 Å². The molecule has 0 saturated heterocycles. The molecular formula is C14H15ClN2O3. The van der Waals surface area contributed by atoms with Gasteiger partial charge in [0, 0.05) is 0 Å². The van der Waals surface area contributed by atoms with Crippen molar-refractivity contribution in [3.05, 3.63) is 47.3 Å². The molecule has 0 aliphatic rings. The highest BCUT2D eigenvalue weighted by Crippen LogP contribution is 2.34. The van der Waals surface area contributed by atoms with Crippen molar-refractivity contribution < 1.29 is 14.4 Å². The van der Waals surface area contributed by atoms with E-state index in [2.05, 4.69) is 10.5 Å². The van der Waals surface area contributed by atoms with E-state index in [1.165, 1.54) is 0 Å². The number of aryl methyl sites for hydroxylation is 1. The number of amides is 1. The molecule has 20 heavy (non-hydrogen) atoms. The first-order valence-corrected chi connectivity index (χ1v) is 6.60. The Morgan fingerprint density at radius 3 is 2.70 bits per heavy atom. The van der Waals surface area contributed by atoms with Gasteiger partial charge in [0.05, 0.1) is 0 Å². The van der Waals surface area contributed by atoms with Crippen LogP contribution in [0.3, 0.4) is 0 Å². The Balaban J connectivity index is 2.45. The lowest BCUT2D eigenvalue weighted by Crippen LogP contribution is -2.26. The Morgan fingerprint density at radius 1 is 1.45 bits per heavy atom. The second-order valence-electron chi connectivity index (χ2n) is 4.58. The summed E-state index contributed by atoms with van der Waals surface area (Å²) in [4.78, 5) is 11.5. The minimum Gasteiger partial charge on any atom is -0.379 e. The van der Waals surface area contributed by atoms with Crippen LogP contribution in [0.1, 0.15) is 23.9 Å². The first kappa shape index (κ1) is 14.6. The number of aromatic nitrogens is 1. The maximum absolute atomic E-state index is 11.5. The van der Waals surface area contributed by atoms with E-state index < -0.39 is 5.60 Å². The van der Waals surface area contributed by atoms with E-state index in [1.807, 2.05) is 18.2 Å². The topological polar surface area (TPSA) is 75.4 Å². The van der Waals surface area contributed by atoms with Crippen molar-refractivity contribution in [3.63, 3.8) is 0 Å². The zero-order valence-electron chi connectivity index (χ0n) is 11.2. The van der Waals surface area contributed by atoms with Crippen LogP contribution < -0.4 is 5.32 Å². The maximum Gasteiger partial charge on any atom is 0.239 e. The van der Waals surface area contributed by atoms with Gasteiger partial charge in [0.2, 0.25) is 5.91 Å². The van der Waals surface area contributed by atoms with Crippen molar-refractivity contribution in [2.45, 2.75) is 19.4 Å². The Hall–Kier alpha value is -1.85. The number of alkyl halides is 1. The molecule has 2 aromatic rings. The molecule has 1 aromatic carbocycles. The van der Waals surface area contributed by atoms with Gasteiger partial charge >= 0.3 is 0 Å². The van der Waals surface area contributed by atoms with E-state index in [0.29, 0.717) is 17.0 Å². The fraction of sp³-hybridized carbons (Fsp3) is 0.286. The Labute approximate surface area is 121 Å². The fourth-order valence-electron chi connectivity index (χ4n) is 1.92. The van der Waals surface area contributed by atoms with Crippen LogP contribution in [0.2, 0.25) is 0 Å². The summed E-state index contributed by atoms with van der Waals surface area (Å²) in [5.41, 5.74) is -0.132. The van der Waals surface area contributed by atoms with Crippen LogP contribution in [-0.2, 0) is 10.4 Å². The van der Waals surface area contributed by atoms with Crippen molar-refractivity contribution in [2.75, 3.05) is 11.2 Å². The molecule has 5 nitrogen and oxygen atoms in total. The van der Waals surface area contributed by atoms with Crippen LogP contribution in [0.5, 0.6) is 0 Å². The van der Waals surface area contributed by atoms with Crippen molar-refractivity contribution in [2.24, 2.45) is 0 Å². The molecule has 0 saturated carbocycles. The van der Waals surface area contributed by atoms with Crippen molar-refractivity contribution in [3.8, 4) is 0 Å². The maximum atomic E-state index is 11.5. The number of carbonyl (C=O) groups excluding carboxylic acids is 1. The first-order valence-electron chi connectivity index (χ1n) is 6.07. The largest absolute Gasteiger partial charge is 0.379 e. The van der Waals surface area contributed by atoms with Gasteiger partial charge in [0.1, 0.15) is 22.9 Å². The summed E-state index contributed by atoms with van der Waals surface area (Å²) in [6, 6.07) is 9.03. The fourth-order valence-corrected chi connectivity index (χ4v) is 1.99. The van der Waals surface area contributed by atoms with Gasteiger partial charge in [-0.1, -0.05) is 35.5 Å². The molecule has 0 fully saturated rings. The summed E-state index contributed by atoms with van der Waals surface area (Å²) >= 11 is 5.48. The number of hydrogen-bond donors (Lipinski definition) is 2. The van der Waals surface area contributed by atoms with Crippen LogP contribution in [0.25, 0.3) is 0 Å². The van der Waals surface area contributed by atoms with Gasteiger partial charge in [-0.05, 0) is 19.4 Å². The van der Waals surface area contributed by atoms with Crippen LogP contribution in [0.4, 0.5) is 5.69 Å². The van der Waals surface area contributed by atoms with Gasteiger partial charge in [-0.25, -0.2) is 0 Å². The highest BCUT2D eigenvalue weighted by atomic mass is 35.5. The van der Waals surface area contributed by atoms with Gasteiger partial charge in [-0.3, -0.25) is 4.79 Å². The highest BCUT2D eigenvalue weighted by Gasteiger charge is 2.33. The third kappa shape index (κ3) is 2.69. The standard InChI is InChI=1S/C14H15ClN2O3/c1-9-12(16-11(18)8-15)13(17-20-9)14(2,19)10-6-4-3-5-7-10/h3-7,19H,8H2,1-2H3,(H,16,18). The number of nitrogens with zero attached hydrogens (tertiary/aromatic N) is 1. The van der Waals surface area contributed by atoms with E-state index >= 15 is 0 Å². The SMILES string of the molecule is Cc1onc(C(C)(O)c2ccccc2)c1NC(=O)CCl. The number of halogens is 1. The summed E-state index contributed by atoms with van der Waals surface area (Å²) in [6.07, 6.45) is 0. The Bertz CT molecular complexity index is 608. The van der Waals surface area contributed by atoms with E-state index in [1.54, 1.807) is 26.0 Å². The second-order valence-corrected chi connectivity index (χ2v) is 4.85. The van der Waals surface area contributed by atoms with Crippen LogP contribution in [-0.4, -0.2) is 22.1 Å². The smallest absolute Gasteiger partial charge is 0.239 e. The lowest BCUT2D eigenvalue weighted by molar-refractivity contribution is -0.113. The molecule has 0 spiro atoms. The molecule has 0 bridgehead atoms. The molecular weight excluding hydrogens is 280 g/mol. The highest BCUT2D eigenvalue weighted by molar-refractivity contribution is 6.29. The average Bonchev–Trinajstić information content (AvgIpc) is 2.81. The summed E-state index contributed by atoms with van der Waals surface area (Å²) in [7, 11) is 0. The lowest BCUT2D eigenvalue weighted by Gasteiger charge is -2.22. The van der Waals surface area contributed by atoms with Crippen molar-refractivity contribution in [1.82, 2.24) is 5.16 Å². The summed E-state index contributed by atoms with van der Waals surface area (Å²) in [5.74, 6) is -0.157. The van der Waals surface area contributed by atoms with Gasteiger partial charge in [0.15, 0.2) is 5.76 Å². The number of anilines is 1. The molecule has 6 heteroatoms. The number of hydrogen-bond acceptors (Lipinski definition) is 4. The molecule has 0 radical (unpaired) electrons. The normalized spacial score (nSPS) is 13.8. The molecule has 1 amide bonds. The molecule has 0 aliphatic carbocycles. The number of aliphatic hydroxyl groups is 1. The number of benzene rings is 1. The van der Waals surface area contributed by atoms with Crippen LogP contribution >= 0.6 is 11.6 Å². The van der Waals surface area contributed by atoms with Crippen LogP contribution in [0, 0.1) is 6.92 Å². The molecule has 2 rings (SSSR count). The average molecular weight is 295 g/mol. The molecule has 1 aromatic heterocycles. The summed E-state index contributed by atoms with van der Waals surface area (Å²) in [6.45, 7) is 3.25. The van der Waals surface area contributed by atoms with Gasteiger partial charge in [0.25, 0.3) is 0 Å².